The van der Waals surface area contributed by atoms with Gasteiger partial charge in [0.2, 0.25) is 28.6 Å². The highest BCUT2D eigenvalue weighted by molar-refractivity contribution is 7.92. The van der Waals surface area contributed by atoms with Gasteiger partial charge in [0.25, 0.3) is 0 Å². The van der Waals surface area contributed by atoms with Crippen molar-refractivity contribution in [2.24, 2.45) is 0 Å². The van der Waals surface area contributed by atoms with Gasteiger partial charge in [-0.3, -0.25) is 13.9 Å². The van der Waals surface area contributed by atoms with Gasteiger partial charge in [0, 0.05) is 24.7 Å². The van der Waals surface area contributed by atoms with Crippen molar-refractivity contribution in [1.29, 1.82) is 0 Å². The summed E-state index contributed by atoms with van der Waals surface area (Å²) < 4.78 is 51.9. The van der Waals surface area contributed by atoms with Crippen LogP contribution in [0.15, 0.2) is 42.5 Å². The Hall–Kier alpha value is -3.34. The Morgan fingerprint density at radius 2 is 1.83 bits per heavy atom. The first-order valence-corrected chi connectivity index (χ1v) is 13.0. The van der Waals surface area contributed by atoms with E-state index in [4.69, 9.17) is 9.47 Å². The molecule has 2 amide bonds. The standard InChI is InChI=1S/C24H30FN3O6S/c1-4-12-26-24(30)17(3)27(14-18-8-6-7-9-20(18)25)23(29)15-28(35(31,32)5-2)19-10-11-21-22(13-19)34-16-33-21/h6-11,13,17H,4-5,12,14-16H2,1-3H3,(H,26,30)/t17-/m1/s1. The lowest BCUT2D eigenvalue weighted by molar-refractivity contribution is -0.139. The van der Waals surface area contributed by atoms with E-state index >= 15 is 0 Å². The average molecular weight is 508 g/mol. The molecule has 1 heterocycles. The lowest BCUT2D eigenvalue weighted by Gasteiger charge is -2.32. The molecule has 11 heteroatoms. The van der Waals surface area contributed by atoms with Gasteiger partial charge in [-0.25, -0.2) is 12.8 Å². The summed E-state index contributed by atoms with van der Waals surface area (Å²) in [6.45, 7) is 4.55. The van der Waals surface area contributed by atoms with Crippen molar-refractivity contribution in [3.63, 3.8) is 0 Å². The molecule has 1 atom stereocenters. The number of ether oxygens (including phenoxy) is 2. The van der Waals surface area contributed by atoms with Crippen LogP contribution >= 0.6 is 0 Å². The van der Waals surface area contributed by atoms with Gasteiger partial charge < -0.3 is 19.7 Å². The average Bonchev–Trinajstić information content (AvgIpc) is 3.32. The lowest BCUT2D eigenvalue weighted by atomic mass is 10.1. The fourth-order valence-electron chi connectivity index (χ4n) is 3.55. The third-order valence-corrected chi connectivity index (χ3v) is 7.38. The van der Waals surface area contributed by atoms with Gasteiger partial charge in [-0.05, 0) is 38.5 Å². The minimum atomic E-state index is -3.89. The van der Waals surface area contributed by atoms with Crippen molar-refractivity contribution in [2.45, 2.75) is 39.8 Å². The zero-order valence-electron chi connectivity index (χ0n) is 20.0. The Morgan fingerprint density at radius 3 is 2.51 bits per heavy atom. The molecule has 0 radical (unpaired) electrons. The second-order valence-corrected chi connectivity index (χ2v) is 10.2. The summed E-state index contributed by atoms with van der Waals surface area (Å²) in [6.07, 6.45) is 0.701. The molecule has 1 aliphatic rings. The van der Waals surface area contributed by atoms with Crippen LogP contribution in [-0.4, -0.2) is 56.8 Å². The molecule has 1 aliphatic heterocycles. The van der Waals surface area contributed by atoms with Crippen molar-refractivity contribution in [1.82, 2.24) is 10.2 Å². The predicted molar refractivity (Wildman–Crippen MR) is 129 cm³/mol. The van der Waals surface area contributed by atoms with Crippen LogP contribution in [0.5, 0.6) is 11.5 Å². The summed E-state index contributed by atoms with van der Waals surface area (Å²) in [6, 6.07) is 9.55. The molecule has 0 aromatic heterocycles. The maximum atomic E-state index is 14.4. The molecule has 0 saturated carbocycles. The molecule has 9 nitrogen and oxygen atoms in total. The molecule has 35 heavy (non-hydrogen) atoms. The fourth-order valence-corrected chi connectivity index (χ4v) is 4.60. The number of nitrogens with zero attached hydrogens (tertiary/aromatic N) is 2. The van der Waals surface area contributed by atoms with E-state index in [0.29, 0.717) is 24.5 Å². The van der Waals surface area contributed by atoms with Crippen LogP contribution in [-0.2, 0) is 26.2 Å². The SMILES string of the molecule is CCCNC(=O)[C@@H](C)N(Cc1ccccc1F)C(=O)CN(c1ccc2c(c1)OCO2)S(=O)(=O)CC. The molecular formula is C24H30FN3O6S. The maximum absolute atomic E-state index is 14.4. The molecular weight excluding hydrogens is 477 g/mol. The number of carbonyl (C=O) groups is 2. The van der Waals surface area contributed by atoms with Crippen LogP contribution in [0.25, 0.3) is 0 Å². The molecule has 2 aromatic rings. The summed E-state index contributed by atoms with van der Waals surface area (Å²) in [5.74, 6) is -1.01. The number of benzene rings is 2. The molecule has 0 spiro atoms. The van der Waals surface area contributed by atoms with Crippen LogP contribution in [0.3, 0.4) is 0 Å². The number of nitrogens with one attached hydrogen (secondary N) is 1. The monoisotopic (exact) mass is 507 g/mol. The van der Waals surface area contributed by atoms with Gasteiger partial charge in [-0.1, -0.05) is 25.1 Å². The number of fused-ring (bicyclic) bond motifs is 1. The van der Waals surface area contributed by atoms with Gasteiger partial charge in [-0.15, -0.1) is 0 Å². The highest BCUT2D eigenvalue weighted by Crippen LogP contribution is 2.36. The number of hydrogen-bond donors (Lipinski definition) is 1. The number of hydrogen-bond acceptors (Lipinski definition) is 6. The number of rotatable bonds is 11. The Balaban J connectivity index is 1.94. The van der Waals surface area contributed by atoms with E-state index in [1.165, 1.54) is 49.1 Å². The van der Waals surface area contributed by atoms with E-state index in [0.717, 1.165) is 4.31 Å². The minimum absolute atomic E-state index is 0.0129. The number of carbonyl (C=O) groups excluding carboxylic acids is 2. The van der Waals surface area contributed by atoms with Gasteiger partial charge in [-0.2, -0.15) is 0 Å². The Bertz CT molecular complexity index is 1170. The van der Waals surface area contributed by atoms with Crippen molar-refractivity contribution in [2.75, 3.05) is 29.9 Å². The van der Waals surface area contributed by atoms with Crippen LogP contribution in [0.4, 0.5) is 10.1 Å². The molecule has 2 aromatic carbocycles. The molecule has 190 valence electrons. The molecule has 0 fully saturated rings. The van der Waals surface area contributed by atoms with E-state index in [-0.39, 0.29) is 30.3 Å². The summed E-state index contributed by atoms with van der Waals surface area (Å²) in [7, 11) is -3.89. The zero-order chi connectivity index (χ0) is 25.6. The normalized spacial score (nSPS) is 13.3. The zero-order valence-corrected chi connectivity index (χ0v) is 20.8. The largest absolute Gasteiger partial charge is 0.454 e. The predicted octanol–water partition coefficient (Wildman–Crippen LogP) is 2.65. The second kappa shape index (κ2) is 11.4. The third-order valence-electron chi connectivity index (χ3n) is 5.64. The Labute approximate surface area is 204 Å². The summed E-state index contributed by atoms with van der Waals surface area (Å²) in [5.41, 5.74) is 0.433. The smallest absolute Gasteiger partial charge is 0.244 e. The van der Waals surface area contributed by atoms with E-state index in [1.54, 1.807) is 12.1 Å². The van der Waals surface area contributed by atoms with Crippen LogP contribution in [0.1, 0.15) is 32.8 Å². The quantitative estimate of drug-likeness (QED) is 0.501. The van der Waals surface area contributed by atoms with Crippen molar-refractivity contribution in [3.05, 3.63) is 53.8 Å². The minimum Gasteiger partial charge on any atom is -0.454 e. The Morgan fingerprint density at radius 1 is 1.11 bits per heavy atom. The Kier molecular flexibility index (Phi) is 8.55. The number of halogens is 1. The van der Waals surface area contributed by atoms with E-state index in [2.05, 4.69) is 5.32 Å². The summed E-state index contributed by atoms with van der Waals surface area (Å²) in [4.78, 5) is 27.4. The van der Waals surface area contributed by atoms with Crippen LogP contribution < -0.4 is 19.1 Å². The van der Waals surface area contributed by atoms with Gasteiger partial charge in [0.05, 0.1) is 11.4 Å². The first kappa shape index (κ1) is 26.3. The molecule has 0 unspecified atom stereocenters. The first-order chi connectivity index (χ1) is 16.7. The maximum Gasteiger partial charge on any atom is 0.244 e. The van der Waals surface area contributed by atoms with Crippen molar-refractivity contribution in [3.8, 4) is 11.5 Å². The second-order valence-electron chi connectivity index (χ2n) is 8.02. The van der Waals surface area contributed by atoms with Crippen LogP contribution in [0, 0.1) is 5.82 Å². The number of amides is 2. The van der Waals surface area contributed by atoms with E-state index in [9.17, 15) is 22.4 Å². The number of anilines is 1. The number of sulfonamides is 1. The first-order valence-electron chi connectivity index (χ1n) is 11.4. The van der Waals surface area contributed by atoms with Crippen molar-refractivity contribution < 1.29 is 31.9 Å². The summed E-state index contributed by atoms with van der Waals surface area (Å²) >= 11 is 0. The third kappa shape index (κ3) is 6.21. The lowest BCUT2D eigenvalue weighted by Crippen LogP contribution is -2.51. The molecule has 3 rings (SSSR count). The van der Waals surface area contributed by atoms with E-state index < -0.39 is 40.2 Å². The van der Waals surface area contributed by atoms with Crippen molar-refractivity contribution >= 4 is 27.5 Å². The molecule has 1 N–H and O–H groups in total. The topological polar surface area (TPSA) is 105 Å². The highest BCUT2D eigenvalue weighted by Gasteiger charge is 2.32. The van der Waals surface area contributed by atoms with Gasteiger partial charge >= 0.3 is 0 Å². The van der Waals surface area contributed by atoms with E-state index in [1.807, 2.05) is 6.92 Å². The fraction of sp³-hybridized carbons (Fsp3) is 0.417. The van der Waals surface area contributed by atoms with Crippen LogP contribution in [0.2, 0.25) is 0 Å². The van der Waals surface area contributed by atoms with Gasteiger partial charge in [0.1, 0.15) is 18.4 Å². The van der Waals surface area contributed by atoms with Gasteiger partial charge in [0.15, 0.2) is 11.5 Å². The molecule has 0 bridgehead atoms. The molecule has 0 aliphatic carbocycles. The highest BCUT2D eigenvalue weighted by atomic mass is 32.2. The molecule has 0 saturated heterocycles. The summed E-state index contributed by atoms with van der Waals surface area (Å²) in [5, 5.41) is 2.73.